The molecule has 0 saturated carbocycles. The number of carboxylic acids is 1. The number of carbonyl (C=O) groups is 1. The van der Waals surface area contributed by atoms with E-state index in [4.69, 9.17) is 5.11 Å². The summed E-state index contributed by atoms with van der Waals surface area (Å²) in [7, 11) is 0. The van der Waals surface area contributed by atoms with E-state index in [9.17, 15) is 4.79 Å². The minimum atomic E-state index is -0.822. The number of aromatic nitrogens is 4. The zero-order chi connectivity index (χ0) is 13.0. The van der Waals surface area contributed by atoms with Gasteiger partial charge in [-0.25, -0.2) is 0 Å². The van der Waals surface area contributed by atoms with Crippen molar-refractivity contribution in [3.05, 3.63) is 29.8 Å². The first kappa shape index (κ1) is 12.6. The van der Waals surface area contributed by atoms with E-state index in [-0.39, 0.29) is 6.42 Å². The van der Waals surface area contributed by atoms with Crippen LogP contribution >= 0.6 is 11.8 Å². The number of hydrogen-bond donors (Lipinski definition) is 1. The van der Waals surface area contributed by atoms with Gasteiger partial charge < -0.3 is 5.11 Å². The molecule has 0 fully saturated rings. The number of tetrazole rings is 1. The Bertz CT molecular complexity index is 555. The Hall–Kier alpha value is -1.89. The van der Waals surface area contributed by atoms with Gasteiger partial charge in [-0.1, -0.05) is 30.0 Å². The Morgan fingerprint density at radius 3 is 2.94 bits per heavy atom. The largest absolute Gasteiger partial charge is 0.481 e. The minimum absolute atomic E-state index is 0.0886. The molecule has 0 aliphatic heterocycles. The molecule has 0 spiro atoms. The first-order chi connectivity index (χ1) is 8.68. The molecular weight excluding hydrogens is 252 g/mol. The molecule has 0 bridgehead atoms. The van der Waals surface area contributed by atoms with E-state index in [0.29, 0.717) is 10.9 Å². The number of benzene rings is 1. The Morgan fingerprint density at radius 2 is 2.22 bits per heavy atom. The molecular formula is C11H12N4O2S. The second-order valence-corrected chi connectivity index (χ2v) is 4.71. The van der Waals surface area contributed by atoms with Gasteiger partial charge in [0.2, 0.25) is 5.16 Å². The molecule has 0 amide bonds. The van der Waals surface area contributed by atoms with Gasteiger partial charge in [0, 0.05) is 5.75 Å². The van der Waals surface area contributed by atoms with Crippen molar-refractivity contribution in [2.24, 2.45) is 0 Å². The number of aliphatic carboxylic acids is 1. The van der Waals surface area contributed by atoms with Crippen molar-refractivity contribution in [3.63, 3.8) is 0 Å². The van der Waals surface area contributed by atoms with Crippen LogP contribution in [0.15, 0.2) is 29.4 Å². The Morgan fingerprint density at radius 1 is 1.44 bits per heavy atom. The molecule has 0 aliphatic carbocycles. The lowest BCUT2D eigenvalue weighted by molar-refractivity contribution is -0.136. The summed E-state index contributed by atoms with van der Waals surface area (Å²) in [5.74, 6) is -0.376. The van der Waals surface area contributed by atoms with Crippen molar-refractivity contribution >= 4 is 17.7 Å². The van der Waals surface area contributed by atoms with Gasteiger partial charge in [-0.15, -0.1) is 5.10 Å². The standard InChI is InChI=1S/C11H12N4O2S/c1-8-4-2-3-5-9(8)15-11(12-13-14-15)18-7-6-10(16)17/h2-5H,6-7H2,1H3,(H,16,17). The van der Waals surface area contributed by atoms with Crippen LogP contribution in [-0.4, -0.2) is 37.0 Å². The quantitative estimate of drug-likeness (QED) is 0.825. The molecule has 1 aromatic carbocycles. The van der Waals surface area contributed by atoms with Crippen LogP contribution in [-0.2, 0) is 4.79 Å². The highest BCUT2D eigenvalue weighted by molar-refractivity contribution is 7.99. The van der Waals surface area contributed by atoms with Crippen molar-refractivity contribution in [1.82, 2.24) is 20.2 Å². The van der Waals surface area contributed by atoms with Gasteiger partial charge in [0.05, 0.1) is 12.1 Å². The van der Waals surface area contributed by atoms with Crippen molar-refractivity contribution in [3.8, 4) is 5.69 Å². The lowest BCUT2D eigenvalue weighted by Crippen LogP contribution is -2.02. The average Bonchev–Trinajstić information content (AvgIpc) is 2.77. The third-order valence-electron chi connectivity index (χ3n) is 2.33. The highest BCUT2D eigenvalue weighted by Crippen LogP contribution is 2.20. The Kier molecular flexibility index (Phi) is 3.93. The van der Waals surface area contributed by atoms with Gasteiger partial charge in [0.15, 0.2) is 0 Å². The van der Waals surface area contributed by atoms with Crippen molar-refractivity contribution in [1.29, 1.82) is 0 Å². The highest BCUT2D eigenvalue weighted by Gasteiger charge is 2.11. The fraction of sp³-hybridized carbons (Fsp3) is 0.273. The van der Waals surface area contributed by atoms with Crippen LogP contribution < -0.4 is 0 Å². The molecule has 2 rings (SSSR count). The van der Waals surface area contributed by atoms with Crippen LogP contribution in [0, 0.1) is 6.92 Å². The normalized spacial score (nSPS) is 10.5. The van der Waals surface area contributed by atoms with Gasteiger partial charge in [0.1, 0.15) is 0 Å². The molecule has 7 heteroatoms. The molecule has 0 unspecified atom stereocenters. The first-order valence-corrected chi connectivity index (χ1v) is 6.36. The van der Waals surface area contributed by atoms with Crippen molar-refractivity contribution in [2.45, 2.75) is 18.5 Å². The maximum atomic E-state index is 10.5. The van der Waals surface area contributed by atoms with Crippen LogP contribution in [0.4, 0.5) is 0 Å². The van der Waals surface area contributed by atoms with Crippen LogP contribution in [0.25, 0.3) is 5.69 Å². The number of thioether (sulfide) groups is 1. The van der Waals surface area contributed by atoms with E-state index in [0.717, 1.165) is 11.3 Å². The molecule has 18 heavy (non-hydrogen) atoms. The molecule has 1 N–H and O–H groups in total. The molecule has 2 aromatic rings. The number of para-hydroxylation sites is 1. The van der Waals surface area contributed by atoms with Crippen LogP contribution in [0.2, 0.25) is 0 Å². The number of rotatable bonds is 5. The van der Waals surface area contributed by atoms with Gasteiger partial charge in [-0.05, 0) is 29.0 Å². The summed E-state index contributed by atoms with van der Waals surface area (Å²) in [5, 5.41) is 20.7. The summed E-state index contributed by atoms with van der Waals surface area (Å²) in [6, 6.07) is 7.76. The Labute approximate surface area is 108 Å². The molecule has 0 aliphatic rings. The maximum Gasteiger partial charge on any atom is 0.304 e. The summed E-state index contributed by atoms with van der Waals surface area (Å²) in [5.41, 5.74) is 1.96. The van der Waals surface area contributed by atoms with Crippen LogP contribution in [0.5, 0.6) is 0 Å². The fourth-order valence-electron chi connectivity index (χ4n) is 1.45. The monoisotopic (exact) mass is 264 g/mol. The zero-order valence-electron chi connectivity index (χ0n) is 9.78. The third-order valence-corrected chi connectivity index (χ3v) is 3.25. The first-order valence-electron chi connectivity index (χ1n) is 5.37. The minimum Gasteiger partial charge on any atom is -0.481 e. The van der Waals surface area contributed by atoms with Gasteiger partial charge in [-0.2, -0.15) is 4.68 Å². The molecule has 94 valence electrons. The van der Waals surface area contributed by atoms with Gasteiger partial charge >= 0.3 is 5.97 Å². The predicted molar refractivity (Wildman–Crippen MR) is 66.9 cm³/mol. The molecule has 0 saturated heterocycles. The lowest BCUT2D eigenvalue weighted by Gasteiger charge is -2.06. The third kappa shape index (κ3) is 2.86. The summed E-state index contributed by atoms with van der Waals surface area (Å²) in [6.45, 7) is 1.97. The van der Waals surface area contributed by atoms with E-state index < -0.39 is 5.97 Å². The molecule has 0 radical (unpaired) electrons. The van der Waals surface area contributed by atoms with E-state index >= 15 is 0 Å². The maximum absolute atomic E-state index is 10.5. The van der Waals surface area contributed by atoms with Gasteiger partial charge in [0.25, 0.3) is 0 Å². The second kappa shape index (κ2) is 5.63. The summed E-state index contributed by atoms with van der Waals surface area (Å²) >= 11 is 1.33. The lowest BCUT2D eigenvalue weighted by atomic mass is 10.2. The van der Waals surface area contributed by atoms with Crippen LogP contribution in [0.1, 0.15) is 12.0 Å². The summed E-state index contributed by atoms with van der Waals surface area (Å²) < 4.78 is 1.63. The molecule has 1 heterocycles. The predicted octanol–water partition coefficient (Wildman–Crippen LogP) is 1.54. The second-order valence-electron chi connectivity index (χ2n) is 3.65. The van der Waals surface area contributed by atoms with Crippen molar-refractivity contribution in [2.75, 3.05) is 5.75 Å². The van der Waals surface area contributed by atoms with E-state index in [1.807, 2.05) is 31.2 Å². The van der Waals surface area contributed by atoms with E-state index in [1.165, 1.54) is 11.8 Å². The number of hydrogen-bond acceptors (Lipinski definition) is 5. The molecule has 1 aromatic heterocycles. The van der Waals surface area contributed by atoms with Gasteiger partial charge in [-0.3, -0.25) is 4.79 Å². The summed E-state index contributed by atoms with van der Waals surface area (Å²) in [6.07, 6.45) is 0.0886. The number of carboxylic acid groups (broad SMARTS) is 1. The van der Waals surface area contributed by atoms with Crippen molar-refractivity contribution < 1.29 is 9.90 Å². The summed E-state index contributed by atoms with van der Waals surface area (Å²) in [4.78, 5) is 10.5. The topological polar surface area (TPSA) is 80.9 Å². The highest BCUT2D eigenvalue weighted by atomic mass is 32.2. The molecule has 6 nitrogen and oxygen atoms in total. The van der Waals surface area contributed by atoms with E-state index in [1.54, 1.807) is 4.68 Å². The fourth-order valence-corrected chi connectivity index (χ4v) is 2.26. The SMILES string of the molecule is Cc1ccccc1-n1nnnc1SCCC(=O)O. The molecule has 0 atom stereocenters. The zero-order valence-corrected chi connectivity index (χ0v) is 10.6. The van der Waals surface area contributed by atoms with Crippen LogP contribution in [0.3, 0.4) is 0 Å². The average molecular weight is 264 g/mol. The number of aryl methyl sites for hydroxylation is 1. The number of nitrogens with zero attached hydrogens (tertiary/aromatic N) is 4. The smallest absolute Gasteiger partial charge is 0.304 e. The Balaban J connectivity index is 2.18. The van der Waals surface area contributed by atoms with E-state index in [2.05, 4.69) is 15.5 Å².